The molecule has 0 unspecified atom stereocenters. The van der Waals surface area contributed by atoms with Crippen molar-refractivity contribution in [1.82, 2.24) is 14.4 Å². The van der Waals surface area contributed by atoms with Crippen molar-refractivity contribution in [2.45, 2.75) is 32.6 Å². The van der Waals surface area contributed by atoms with Crippen LogP contribution in [0.5, 0.6) is 0 Å². The topological polar surface area (TPSA) is 110 Å². The first-order valence-electron chi connectivity index (χ1n) is 7.53. The number of rotatable bonds is 4. The molecule has 1 aliphatic heterocycles. The van der Waals surface area contributed by atoms with Gasteiger partial charge in [-0.3, -0.25) is 4.79 Å². The summed E-state index contributed by atoms with van der Waals surface area (Å²) in [5.74, 6) is -0.329. The molecule has 2 heterocycles. The summed E-state index contributed by atoms with van der Waals surface area (Å²) in [5, 5.41) is 3.63. The van der Waals surface area contributed by atoms with Crippen LogP contribution in [0.2, 0.25) is 0 Å². The Kier molecular flexibility index (Phi) is 5.12. The monoisotopic (exact) mass is 344 g/mol. The van der Waals surface area contributed by atoms with Gasteiger partial charge in [0.15, 0.2) is 0 Å². The number of piperazine rings is 1. The van der Waals surface area contributed by atoms with Crippen molar-refractivity contribution in [3.05, 3.63) is 18.0 Å². The molecule has 2 rings (SSSR count). The molecule has 0 aliphatic carbocycles. The minimum Gasteiger partial charge on any atom is -0.364 e. The van der Waals surface area contributed by atoms with Crippen molar-refractivity contribution in [3.63, 3.8) is 0 Å². The number of nitrogens with zero attached hydrogens (tertiary/aromatic N) is 3. The Morgan fingerprint density at radius 3 is 2.43 bits per heavy atom. The molecule has 0 radical (unpaired) electrons. The largest absolute Gasteiger partial charge is 0.364 e. The number of carbonyl (C=O) groups is 1. The van der Waals surface area contributed by atoms with E-state index >= 15 is 0 Å². The van der Waals surface area contributed by atoms with Crippen molar-refractivity contribution in [2.24, 2.45) is 11.1 Å². The predicted molar refractivity (Wildman–Crippen MR) is 84.7 cm³/mol. The molecule has 1 atom stereocenters. The molecule has 0 saturated carbocycles. The average molecular weight is 344 g/mol. The molecular formula is C14H24N4O4S. The lowest BCUT2D eigenvalue weighted by molar-refractivity contribution is -0.136. The van der Waals surface area contributed by atoms with Crippen molar-refractivity contribution in [3.8, 4) is 0 Å². The van der Waals surface area contributed by atoms with Crippen LogP contribution in [0, 0.1) is 5.41 Å². The number of aromatic nitrogens is 1. The van der Waals surface area contributed by atoms with Crippen LogP contribution in [0.4, 0.5) is 0 Å². The van der Waals surface area contributed by atoms with Crippen molar-refractivity contribution < 1.29 is 17.7 Å². The lowest BCUT2D eigenvalue weighted by Gasteiger charge is -2.37. The molecule has 9 heteroatoms. The molecule has 0 bridgehead atoms. The Morgan fingerprint density at radius 1 is 1.35 bits per heavy atom. The van der Waals surface area contributed by atoms with Crippen molar-refractivity contribution >= 4 is 15.9 Å². The van der Waals surface area contributed by atoms with Crippen LogP contribution in [0.3, 0.4) is 0 Å². The molecule has 0 aromatic carbocycles. The first kappa shape index (κ1) is 17.9. The second-order valence-electron chi connectivity index (χ2n) is 6.82. The van der Waals surface area contributed by atoms with Gasteiger partial charge in [0.1, 0.15) is 12.0 Å². The van der Waals surface area contributed by atoms with E-state index in [-0.39, 0.29) is 30.2 Å². The second-order valence-corrected chi connectivity index (χ2v) is 8.78. The molecule has 1 amide bonds. The van der Waals surface area contributed by atoms with Crippen LogP contribution >= 0.6 is 0 Å². The van der Waals surface area contributed by atoms with Gasteiger partial charge in [0.05, 0.1) is 11.7 Å². The highest BCUT2D eigenvalue weighted by molar-refractivity contribution is 7.88. The molecule has 1 aromatic rings. The summed E-state index contributed by atoms with van der Waals surface area (Å²) in [6.07, 6.45) is 1.34. The van der Waals surface area contributed by atoms with Crippen molar-refractivity contribution in [1.29, 1.82) is 0 Å². The van der Waals surface area contributed by atoms with Crippen LogP contribution in [0.1, 0.15) is 26.5 Å². The average Bonchev–Trinajstić information content (AvgIpc) is 2.97. The number of sulfonamides is 1. The Bertz CT molecular complexity index is 628. The molecule has 1 aliphatic rings. The fourth-order valence-electron chi connectivity index (χ4n) is 2.34. The van der Waals surface area contributed by atoms with E-state index in [4.69, 9.17) is 5.73 Å². The fraction of sp³-hybridized carbons (Fsp3) is 0.714. The Hall–Kier alpha value is -1.45. The summed E-state index contributed by atoms with van der Waals surface area (Å²) in [6.45, 7) is 6.96. The van der Waals surface area contributed by atoms with Gasteiger partial charge in [0.25, 0.3) is 0 Å². The zero-order valence-electron chi connectivity index (χ0n) is 13.7. The number of hydrogen-bond acceptors (Lipinski definition) is 6. The zero-order valence-corrected chi connectivity index (χ0v) is 14.5. The van der Waals surface area contributed by atoms with Gasteiger partial charge in [-0.1, -0.05) is 25.9 Å². The first-order chi connectivity index (χ1) is 10.6. The Morgan fingerprint density at radius 2 is 1.96 bits per heavy atom. The maximum Gasteiger partial charge on any atom is 0.240 e. The fourth-order valence-corrected chi connectivity index (χ4v) is 3.77. The van der Waals surface area contributed by atoms with E-state index in [2.05, 4.69) is 9.68 Å². The SMILES string of the molecule is CC(C)(C)[C@H](N)C(=O)N1CCN(S(=O)(=O)Cc2ccon2)CC1. The lowest BCUT2D eigenvalue weighted by Crippen LogP contribution is -2.57. The molecule has 2 N–H and O–H groups in total. The van der Waals surface area contributed by atoms with E-state index in [9.17, 15) is 13.2 Å². The van der Waals surface area contributed by atoms with Crippen LogP contribution in [0.15, 0.2) is 16.9 Å². The highest BCUT2D eigenvalue weighted by atomic mass is 32.2. The summed E-state index contributed by atoms with van der Waals surface area (Å²) in [5.41, 5.74) is 6.04. The van der Waals surface area contributed by atoms with Crippen LogP contribution < -0.4 is 5.73 Å². The summed E-state index contributed by atoms with van der Waals surface area (Å²) in [4.78, 5) is 14.0. The van der Waals surface area contributed by atoms with Gasteiger partial charge in [0.2, 0.25) is 15.9 Å². The van der Waals surface area contributed by atoms with Crippen LogP contribution in [-0.2, 0) is 20.6 Å². The lowest BCUT2D eigenvalue weighted by atomic mass is 9.86. The Labute approximate surface area is 136 Å². The number of hydrogen-bond donors (Lipinski definition) is 1. The van der Waals surface area contributed by atoms with Gasteiger partial charge in [0, 0.05) is 32.2 Å². The van der Waals surface area contributed by atoms with Gasteiger partial charge in [-0.05, 0) is 5.41 Å². The molecule has 0 spiro atoms. The van der Waals surface area contributed by atoms with Crippen LogP contribution in [-0.4, -0.2) is 60.9 Å². The van der Waals surface area contributed by atoms with Crippen LogP contribution in [0.25, 0.3) is 0 Å². The van der Waals surface area contributed by atoms with Gasteiger partial charge < -0.3 is 15.2 Å². The number of carbonyl (C=O) groups excluding carboxylic acids is 1. The third-order valence-electron chi connectivity index (χ3n) is 3.96. The molecule has 1 saturated heterocycles. The van der Waals surface area contributed by atoms with Crippen molar-refractivity contribution in [2.75, 3.05) is 26.2 Å². The van der Waals surface area contributed by atoms with E-state index < -0.39 is 16.1 Å². The summed E-state index contributed by atoms with van der Waals surface area (Å²) >= 11 is 0. The van der Waals surface area contributed by atoms with E-state index in [1.54, 1.807) is 4.90 Å². The molecule has 1 fully saturated rings. The zero-order chi connectivity index (χ0) is 17.3. The maximum atomic E-state index is 12.4. The van der Waals surface area contributed by atoms with E-state index in [1.807, 2.05) is 20.8 Å². The smallest absolute Gasteiger partial charge is 0.240 e. The standard InChI is InChI=1S/C14H24N4O4S/c1-14(2,3)12(15)13(19)17-5-7-18(8-6-17)23(20,21)10-11-4-9-22-16-11/h4,9,12H,5-8,10,15H2,1-3H3/t12-/m1/s1. The normalized spacial score (nSPS) is 18.9. The van der Waals surface area contributed by atoms with Gasteiger partial charge in [-0.15, -0.1) is 0 Å². The maximum absolute atomic E-state index is 12.4. The summed E-state index contributed by atoms with van der Waals surface area (Å²) in [6, 6.07) is 0.931. The third-order valence-corrected chi connectivity index (χ3v) is 5.78. The third kappa shape index (κ3) is 4.30. The number of amides is 1. The molecule has 1 aromatic heterocycles. The van der Waals surface area contributed by atoms with Gasteiger partial charge >= 0.3 is 0 Å². The highest BCUT2D eigenvalue weighted by Gasteiger charge is 2.34. The molecule has 8 nitrogen and oxygen atoms in total. The Balaban J connectivity index is 1.94. The van der Waals surface area contributed by atoms with Gasteiger partial charge in [-0.2, -0.15) is 4.31 Å². The minimum absolute atomic E-state index is 0.133. The van der Waals surface area contributed by atoms with Gasteiger partial charge in [-0.25, -0.2) is 8.42 Å². The summed E-state index contributed by atoms with van der Waals surface area (Å²) in [7, 11) is -3.46. The minimum atomic E-state index is -3.46. The van der Waals surface area contributed by atoms with E-state index in [0.29, 0.717) is 18.8 Å². The van der Waals surface area contributed by atoms with E-state index in [0.717, 1.165) is 0 Å². The predicted octanol–water partition coefficient (Wildman–Crippen LogP) is 0.0220. The highest BCUT2D eigenvalue weighted by Crippen LogP contribution is 2.20. The van der Waals surface area contributed by atoms with E-state index in [1.165, 1.54) is 16.6 Å². The quantitative estimate of drug-likeness (QED) is 0.825. The molecule has 23 heavy (non-hydrogen) atoms. The second kappa shape index (κ2) is 6.58. The number of nitrogens with two attached hydrogens (primary N) is 1. The molecular weight excluding hydrogens is 320 g/mol. The molecule has 130 valence electrons. The first-order valence-corrected chi connectivity index (χ1v) is 9.13. The summed E-state index contributed by atoms with van der Waals surface area (Å²) < 4.78 is 30.7.